The van der Waals surface area contributed by atoms with Gasteiger partial charge in [-0.05, 0) is 36.8 Å². The lowest BCUT2D eigenvalue weighted by atomic mass is 10.1. The lowest BCUT2D eigenvalue weighted by molar-refractivity contribution is -0.384. The zero-order chi connectivity index (χ0) is 21.7. The van der Waals surface area contributed by atoms with Crippen molar-refractivity contribution >= 4 is 40.7 Å². The third kappa shape index (κ3) is 5.22. The van der Waals surface area contributed by atoms with Crippen molar-refractivity contribution in [2.45, 2.75) is 12.1 Å². The third-order valence-corrected chi connectivity index (χ3v) is 5.35. The van der Waals surface area contributed by atoms with Crippen LogP contribution < -0.4 is 5.43 Å². The van der Waals surface area contributed by atoms with Crippen LogP contribution in [0.2, 0.25) is 5.02 Å². The number of thioether (sulfide) groups is 1. The molecule has 0 aliphatic rings. The first-order valence-electron chi connectivity index (χ1n) is 8.71. The molecular formula is C19H17ClN6O3S. The van der Waals surface area contributed by atoms with Gasteiger partial charge in [0.15, 0.2) is 11.0 Å². The van der Waals surface area contributed by atoms with E-state index in [2.05, 4.69) is 20.7 Å². The standard InChI is InChI=1S/C19H17ClN6O3S/c1-12(13-6-8-16(9-7-13)26(28)29)21-22-17(27)11-30-19-24-23-18(25(19)2)14-4-3-5-15(20)10-14/h3-10H,11H2,1-2H3,(H,22,27)/b21-12+. The van der Waals surface area contributed by atoms with Gasteiger partial charge in [0.1, 0.15) is 0 Å². The summed E-state index contributed by atoms with van der Waals surface area (Å²) in [7, 11) is 1.81. The molecule has 0 spiro atoms. The SMILES string of the molecule is C/C(=N\NC(=O)CSc1nnc(-c2cccc(Cl)c2)n1C)c1ccc([N+](=O)[O-])cc1. The Kier molecular flexibility index (Phi) is 6.80. The van der Waals surface area contributed by atoms with E-state index < -0.39 is 4.92 Å². The normalized spacial score (nSPS) is 11.4. The van der Waals surface area contributed by atoms with Crippen molar-refractivity contribution in [2.24, 2.45) is 12.1 Å². The van der Waals surface area contributed by atoms with Gasteiger partial charge in [0.2, 0.25) is 0 Å². The molecule has 1 amide bonds. The molecule has 3 aromatic rings. The van der Waals surface area contributed by atoms with E-state index >= 15 is 0 Å². The number of amides is 1. The highest BCUT2D eigenvalue weighted by Gasteiger charge is 2.13. The van der Waals surface area contributed by atoms with Crippen molar-refractivity contribution in [3.8, 4) is 11.4 Å². The highest BCUT2D eigenvalue weighted by molar-refractivity contribution is 7.99. The molecule has 0 unspecified atom stereocenters. The molecule has 9 nitrogen and oxygen atoms in total. The quantitative estimate of drug-likeness (QED) is 0.257. The summed E-state index contributed by atoms with van der Waals surface area (Å²) in [5.41, 5.74) is 4.50. The van der Waals surface area contributed by atoms with Crippen molar-refractivity contribution in [1.82, 2.24) is 20.2 Å². The first-order valence-corrected chi connectivity index (χ1v) is 10.1. The molecular weight excluding hydrogens is 428 g/mol. The van der Waals surface area contributed by atoms with E-state index in [1.807, 2.05) is 19.2 Å². The number of nitrogens with one attached hydrogen (secondary N) is 1. The maximum atomic E-state index is 12.1. The molecule has 1 aromatic heterocycles. The number of non-ortho nitro benzene ring substituents is 1. The van der Waals surface area contributed by atoms with Gasteiger partial charge in [-0.3, -0.25) is 14.9 Å². The molecule has 0 fully saturated rings. The van der Waals surface area contributed by atoms with E-state index in [4.69, 9.17) is 11.6 Å². The van der Waals surface area contributed by atoms with Gasteiger partial charge in [-0.15, -0.1) is 10.2 Å². The first kappa shape index (κ1) is 21.5. The number of hydrogen-bond donors (Lipinski definition) is 1. The van der Waals surface area contributed by atoms with E-state index in [0.29, 0.717) is 27.3 Å². The minimum absolute atomic E-state index is 0.00666. The molecule has 30 heavy (non-hydrogen) atoms. The molecule has 1 heterocycles. The Balaban J connectivity index is 1.58. The first-order chi connectivity index (χ1) is 14.3. The summed E-state index contributed by atoms with van der Waals surface area (Å²) in [5, 5.41) is 24.2. The number of benzene rings is 2. The largest absolute Gasteiger partial charge is 0.305 e. The van der Waals surface area contributed by atoms with E-state index in [-0.39, 0.29) is 17.3 Å². The zero-order valence-electron chi connectivity index (χ0n) is 16.1. The van der Waals surface area contributed by atoms with E-state index in [9.17, 15) is 14.9 Å². The van der Waals surface area contributed by atoms with Crippen LogP contribution in [0.25, 0.3) is 11.4 Å². The molecule has 2 aromatic carbocycles. The summed E-state index contributed by atoms with van der Waals surface area (Å²) < 4.78 is 1.79. The third-order valence-electron chi connectivity index (χ3n) is 4.09. The molecule has 1 N–H and O–H groups in total. The van der Waals surface area contributed by atoms with E-state index in [1.54, 1.807) is 35.8 Å². The fourth-order valence-electron chi connectivity index (χ4n) is 2.52. The summed E-state index contributed by atoms with van der Waals surface area (Å²) in [6.07, 6.45) is 0. The van der Waals surface area contributed by atoms with Crippen LogP contribution in [-0.4, -0.2) is 37.1 Å². The Morgan fingerprint density at radius 1 is 1.27 bits per heavy atom. The van der Waals surface area contributed by atoms with Crippen LogP contribution in [0.5, 0.6) is 0 Å². The van der Waals surface area contributed by atoms with Crippen molar-refractivity contribution < 1.29 is 9.72 Å². The number of hydrazone groups is 1. The molecule has 0 aliphatic carbocycles. The van der Waals surface area contributed by atoms with Gasteiger partial charge in [-0.1, -0.05) is 35.5 Å². The minimum atomic E-state index is -0.473. The second-order valence-corrected chi connectivity index (χ2v) is 7.58. The number of nitrogens with zero attached hydrogens (tertiary/aromatic N) is 5. The maximum absolute atomic E-state index is 12.1. The molecule has 0 saturated heterocycles. The van der Waals surface area contributed by atoms with Gasteiger partial charge in [0.25, 0.3) is 11.6 Å². The molecule has 11 heteroatoms. The number of nitro groups is 1. The number of carbonyl (C=O) groups is 1. The van der Waals surface area contributed by atoms with Crippen LogP contribution in [0, 0.1) is 10.1 Å². The predicted molar refractivity (Wildman–Crippen MR) is 116 cm³/mol. The molecule has 3 rings (SSSR count). The van der Waals surface area contributed by atoms with Crippen LogP contribution in [-0.2, 0) is 11.8 Å². The van der Waals surface area contributed by atoms with Gasteiger partial charge < -0.3 is 4.57 Å². The Morgan fingerprint density at radius 2 is 2.00 bits per heavy atom. The second-order valence-electron chi connectivity index (χ2n) is 6.20. The lowest BCUT2D eigenvalue weighted by Gasteiger charge is -2.05. The van der Waals surface area contributed by atoms with E-state index in [0.717, 1.165) is 5.56 Å². The Hall–Kier alpha value is -3.24. The number of rotatable bonds is 7. The average molecular weight is 445 g/mol. The molecule has 0 bridgehead atoms. The van der Waals surface area contributed by atoms with Crippen molar-refractivity contribution in [1.29, 1.82) is 0 Å². The Morgan fingerprint density at radius 3 is 2.67 bits per heavy atom. The van der Waals surface area contributed by atoms with Gasteiger partial charge in [0.05, 0.1) is 16.4 Å². The van der Waals surface area contributed by atoms with Gasteiger partial charge in [0, 0.05) is 29.8 Å². The minimum Gasteiger partial charge on any atom is -0.305 e. The van der Waals surface area contributed by atoms with Crippen LogP contribution in [0.4, 0.5) is 5.69 Å². The van der Waals surface area contributed by atoms with Crippen molar-refractivity contribution in [3.63, 3.8) is 0 Å². The monoisotopic (exact) mass is 444 g/mol. The van der Waals surface area contributed by atoms with Gasteiger partial charge in [-0.25, -0.2) is 5.43 Å². The number of halogens is 1. The summed E-state index contributed by atoms with van der Waals surface area (Å²) in [5.74, 6) is 0.430. The fraction of sp³-hybridized carbons (Fsp3) is 0.158. The number of hydrogen-bond acceptors (Lipinski definition) is 7. The number of nitro benzene ring substituents is 1. The molecule has 0 aliphatic heterocycles. The van der Waals surface area contributed by atoms with Crippen LogP contribution >= 0.6 is 23.4 Å². The number of aromatic nitrogens is 3. The summed E-state index contributed by atoms with van der Waals surface area (Å²) in [6, 6.07) is 13.2. The molecule has 154 valence electrons. The molecule has 0 saturated carbocycles. The number of carbonyl (C=O) groups excluding carboxylic acids is 1. The second kappa shape index (κ2) is 9.51. The van der Waals surface area contributed by atoms with Crippen molar-refractivity contribution in [2.75, 3.05) is 5.75 Å². The van der Waals surface area contributed by atoms with Crippen LogP contribution in [0.15, 0.2) is 58.8 Å². The maximum Gasteiger partial charge on any atom is 0.269 e. The Bertz CT molecular complexity index is 1110. The highest BCUT2D eigenvalue weighted by atomic mass is 35.5. The van der Waals surface area contributed by atoms with Gasteiger partial charge >= 0.3 is 0 Å². The summed E-state index contributed by atoms with van der Waals surface area (Å²) >= 11 is 7.25. The fourth-order valence-corrected chi connectivity index (χ4v) is 3.41. The lowest BCUT2D eigenvalue weighted by Crippen LogP contribution is -2.21. The smallest absolute Gasteiger partial charge is 0.269 e. The topological polar surface area (TPSA) is 115 Å². The van der Waals surface area contributed by atoms with Crippen LogP contribution in [0.1, 0.15) is 12.5 Å². The average Bonchev–Trinajstić information content (AvgIpc) is 3.11. The Labute approximate surface area is 181 Å². The summed E-state index contributed by atoms with van der Waals surface area (Å²) in [6.45, 7) is 1.70. The molecule has 0 radical (unpaired) electrons. The van der Waals surface area contributed by atoms with E-state index in [1.165, 1.54) is 23.9 Å². The van der Waals surface area contributed by atoms with Crippen molar-refractivity contribution in [3.05, 3.63) is 69.2 Å². The summed E-state index contributed by atoms with van der Waals surface area (Å²) in [4.78, 5) is 22.4. The van der Waals surface area contributed by atoms with Gasteiger partial charge in [-0.2, -0.15) is 5.10 Å². The predicted octanol–water partition coefficient (Wildman–Crippen LogP) is 3.68. The zero-order valence-corrected chi connectivity index (χ0v) is 17.6. The highest BCUT2D eigenvalue weighted by Crippen LogP contribution is 2.24. The molecule has 0 atom stereocenters. The van der Waals surface area contributed by atoms with Crippen LogP contribution in [0.3, 0.4) is 0 Å².